The minimum atomic E-state index is 0.0703. The first-order valence-corrected chi connectivity index (χ1v) is 7.81. The number of hydrogen-bond donors (Lipinski definition) is 1. The van der Waals surface area contributed by atoms with Crippen molar-refractivity contribution < 1.29 is 14.3 Å². The van der Waals surface area contributed by atoms with Crippen molar-refractivity contribution >= 4 is 5.91 Å². The van der Waals surface area contributed by atoms with E-state index in [0.717, 1.165) is 55.3 Å². The predicted molar refractivity (Wildman–Crippen MR) is 86.4 cm³/mol. The molecule has 22 heavy (non-hydrogen) atoms. The molecule has 5 nitrogen and oxygen atoms in total. The molecule has 122 valence electrons. The van der Waals surface area contributed by atoms with Gasteiger partial charge in [0, 0.05) is 26.2 Å². The van der Waals surface area contributed by atoms with Crippen LogP contribution in [0.5, 0.6) is 5.75 Å². The second kappa shape index (κ2) is 8.15. The van der Waals surface area contributed by atoms with Crippen LogP contribution in [0.2, 0.25) is 0 Å². The maximum atomic E-state index is 12.1. The number of methoxy groups -OCH3 is 1. The molecular formula is C17H26N2O3. The maximum Gasteiger partial charge on any atom is 0.224 e. The molecule has 0 unspecified atom stereocenters. The largest absolute Gasteiger partial charge is 0.496 e. The molecule has 1 amide bonds. The van der Waals surface area contributed by atoms with Crippen molar-refractivity contribution in [2.75, 3.05) is 46.5 Å². The van der Waals surface area contributed by atoms with E-state index >= 15 is 0 Å². The van der Waals surface area contributed by atoms with E-state index < -0.39 is 0 Å². The van der Waals surface area contributed by atoms with E-state index in [1.54, 1.807) is 7.11 Å². The van der Waals surface area contributed by atoms with Crippen LogP contribution in [0.3, 0.4) is 0 Å². The van der Waals surface area contributed by atoms with Gasteiger partial charge in [-0.3, -0.25) is 9.69 Å². The van der Waals surface area contributed by atoms with Gasteiger partial charge < -0.3 is 14.8 Å². The maximum absolute atomic E-state index is 12.1. The highest BCUT2D eigenvalue weighted by atomic mass is 16.5. The number of nitrogens with zero attached hydrogens (tertiary/aromatic N) is 1. The van der Waals surface area contributed by atoms with Crippen molar-refractivity contribution in [3.05, 3.63) is 28.8 Å². The molecule has 1 aromatic rings. The molecule has 0 saturated carbocycles. The third-order valence-corrected chi connectivity index (χ3v) is 4.06. The molecule has 1 aromatic carbocycles. The fraction of sp³-hybridized carbons (Fsp3) is 0.588. The quantitative estimate of drug-likeness (QED) is 0.861. The van der Waals surface area contributed by atoms with Gasteiger partial charge in [-0.05, 0) is 36.6 Å². The highest BCUT2D eigenvalue weighted by molar-refractivity contribution is 5.79. The molecule has 5 heteroatoms. The van der Waals surface area contributed by atoms with Gasteiger partial charge in [0.25, 0.3) is 0 Å². The number of morpholine rings is 1. The van der Waals surface area contributed by atoms with E-state index in [4.69, 9.17) is 9.47 Å². The second-order valence-electron chi connectivity index (χ2n) is 5.73. The van der Waals surface area contributed by atoms with Gasteiger partial charge in [-0.2, -0.15) is 0 Å². The molecule has 0 radical (unpaired) electrons. The molecule has 0 spiro atoms. The minimum absolute atomic E-state index is 0.0703. The lowest BCUT2D eigenvalue weighted by Gasteiger charge is -2.26. The lowest BCUT2D eigenvalue weighted by atomic mass is 10.0. The summed E-state index contributed by atoms with van der Waals surface area (Å²) in [5, 5.41) is 3.00. The van der Waals surface area contributed by atoms with Crippen LogP contribution in [0, 0.1) is 13.8 Å². The van der Waals surface area contributed by atoms with Crippen LogP contribution in [-0.2, 0) is 16.0 Å². The Balaban J connectivity index is 1.80. The Morgan fingerprint density at radius 1 is 1.27 bits per heavy atom. The number of benzene rings is 1. The molecule has 1 aliphatic heterocycles. The van der Waals surface area contributed by atoms with Crippen LogP contribution < -0.4 is 10.1 Å². The zero-order chi connectivity index (χ0) is 15.9. The lowest BCUT2D eigenvalue weighted by molar-refractivity contribution is -0.120. The van der Waals surface area contributed by atoms with E-state index in [9.17, 15) is 4.79 Å². The van der Waals surface area contributed by atoms with Crippen LogP contribution in [0.15, 0.2) is 12.1 Å². The Bertz CT molecular complexity index is 511. The Kier molecular flexibility index (Phi) is 6.21. The molecule has 0 bridgehead atoms. The van der Waals surface area contributed by atoms with E-state index in [1.165, 1.54) is 0 Å². The zero-order valence-electron chi connectivity index (χ0n) is 13.8. The summed E-state index contributed by atoms with van der Waals surface area (Å²) in [6.07, 6.45) is 0.416. The lowest BCUT2D eigenvalue weighted by Crippen LogP contribution is -2.41. The molecule has 2 rings (SSSR count). The predicted octanol–water partition coefficient (Wildman–Crippen LogP) is 1.30. The number of hydrogen-bond acceptors (Lipinski definition) is 4. The average Bonchev–Trinajstić information content (AvgIpc) is 2.51. The highest BCUT2D eigenvalue weighted by Gasteiger charge is 2.12. The first-order valence-electron chi connectivity index (χ1n) is 7.81. The Labute approximate surface area is 132 Å². The number of aryl methyl sites for hydroxylation is 2. The summed E-state index contributed by atoms with van der Waals surface area (Å²) in [4.78, 5) is 14.4. The normalized spacial score (nSPS) is 15.6. The Morgan fingerprint density at radius 3 is 2.68 bits per heavy atom. The van der Waals surface area contributed by atoms with E-state index in [1.807, 2.05) is 26.0 Å². The molecule has 1 N–H and O–H groups in total. The topological polar surface area (TPSA) is 50.8 Å². The molecule has 0 aromatic heterocycles. The monoisotopic (exact) mass is 306 g/mol. The van der Waals surface area contributed by atoms with E-state index in [0.29, 0.717) is 13.0 Å². The smallest absolute Gasteiger partial charge is 0.224 e. The number of rotatable bonds is 6. The van der Waals surface area contributed by atoms with E-state index in [2.05, 4.69) is 10.2 Å². The van der Waals surface area contributed by atoms with Gasteiger partial charge in [0.2, 0.25) is 5.91 Å². The molecule has 1 fully saturated rings. The second-order valence-corrected chi connectivity index (χ2v) is 5.73. The SMILES string of the molecule is COc1cc(C)c(CC(=O)NCCN2CCOCC2)cc1C. The van der Waals surface area contributed by atoms with Crippen LogP contribution in [0.25, 0.3) is 0 Å². The van der Waals surface area contributed by atoms with E-state index in [-0.39, 0.29) is 5.91 Å². The van der Waals surface area contributed by atoms with Gasteiger partial charge in [-0.15, -0.1) is 0 Å². The summed E-state index contributed by atoms with van der Waals surface area (Å²) in [7, 11) is 1.67. The van der Waals surface area contributed by atoms with Crippen molar-refractivity contribution in [2.24, 2.45) is 0 Å². The van der Waals surface area contributed by atoms with Gasteiger partial charge in [0.1, 0.15) is 5.75 Å². The average molecular weight is 306 g/mol. The first-order chi connectivity index (χ1) is 10.6. The fourth-order valence-corrected chi connectivity index (χ4v) is 2.67. The number of carbonyl (C=O) groups excluding carboxylic acids is 1. The summed E-state index contributed by atoms with van der Waals surface area (Å²) in [6.45, 7) is 9.06. The number of ether oxygens (including phenoxy) is 2. The summed E-state index contributed by atoms with van der Waals surface area (Å²) >= 11 is 0. The fourth-order valence-electron chi connectivity index (χ4n) is 2.67. The Hall–Kier alpha value is -1.59. The Morgan fingerprint density at radius 2 is 2.00 bits per heavy atom. The molecular weight excluding hydrogens is 280 g/mol. The van der Waals surface area contributed by atoms with Crippen molar-refractivity contribution in [2.45, 2.75) is 20.3 Å². The molecule has 1 heterocycles. The van der Waals surface area contributed by atoms with Crippen molar-refractivity contribution in [3.8, 4) is 5.75 Å². The molecule has 0 aliphatic carbocycles. The third kappa shape index (κ3) is 4.71. The van der Waals surface area contributed by atoms with Crippen molar-refractivity contribution in [1.29, 1.82) is 0 Å². The number of amides is 1. The van der Waals surface area contributed by atoms with Crippen LogP contribution in [0.4, 0.5) is 0 Å². The summed E-state index contributed by atoms with van der Waals surface area (Å²) in [5.41, 5.74) is 3.21. The van der Waals surface area contributed by atoms with Crippen LogP contribution >= 0.6 is 0 Å². The van der Waals surface area contributed by atoms with Crippen molar-refractivity contribution in [1.82, 2.24) is 10.2 Å². The van der Waals surface area contributed by atoms with Crippen LogP contribution in [-0.4, -0.2) is 57.3 Å². The highest BCUT2D eigenvalue weighted by Crippen LogP contribution is 2.22. The summed E-state index contributed by atoms with van der Waals surface area (Å²) in [5.74, 6) is 0.940. The first kappa shape index (κ1) is 16.8. The molecule has 1 aliphatic rings. The molecule has 0 atom stereocenters. The third-order valence-electron chi connectivity index (χ3n) is 4.06. The summed E-state index contributed by atoms with van der Waals surface area (Å²) < 4.78 is 10.6. The summed E-state index contributed by atoms with van der Waals surface area (Å²) in [6, 6.07) is 4.03. The van der Waals surface area contributed by atoms with Gasteiger partial charge in [0.15, 0.2) is 0 Å². The van der Waals surface area contributed by atoms with Gasteiger partial charge >= 0.3 is 0 Å². The molecule has 1 saturated heterocycles. The van der Waals surface area contributed by atoms with Gasteiger partial charge in [0.05, 0.1) is 26.7 Å². The zero-order valence-corrected chi connectivity index (χ0v) is 13.8. The van der Waals surface area contributed by atoms with Gasteiger partial charge in [-0.1, -0.05) is 6.07 Å². The van der Waals surface area contributed by atoms with Crippen LogP contribution in [0.1, 0.15) is 16.7 Å². The van der Waals surface area contributed by atoms with Gasteiger partial charge in [-0.25, -0.2) is 0 Å². The number of nitrogens with one attached hydrogen (secondary N) is 1. The number of carbonyl (C=O) groups is 1. The minimum Gasteiger partial charge on any atom is -0.496 e. The van der Waals surface area contributed by atoms with Crippen molar-refractivity contribution in [3.63, 3.8) is 0 Å². The standard InChI is InChI=1S/C17H26N2O3/c1-13-11-16(21-3)14(2)10-15(13)12-17(20)18-4-5-19-6-8-22-9-7-19/h10-11H,4-9,12H2,1-3H3,(H,18,20).